The van der Waals surface area contributed by atoms with Gasteiger partial charge < -0.3 is 19.3 Å². The van der Waals surface area contributed by atoms with E-state index in [2.05, 4.69) is 0 Å². The summed E-state index contributed by atoms with van der Waals surface area (Å²) < 4.78 is 16.5. The number of amides is 1. The Balaban J connectivity index is 1.91. The molecule has 0 radical (unpaired) electrons. The molecular weight excluding hydrogens is 466 g/mol. The molecular formula is C27H27NO6S. The van der Waals surface area contributed by atoms with Gasteiger partial charge in [-0.05, 0) is 42.5 Å². The lowest BCUT2D eigenvalue weighted by atomic mass is 9.98. The van der Waals surface area contributed by atoms with Crippen LogP contribution >= 0.6 is 11.3 Å². The van der Waals surface area contributed by atoms with Crippen LogP contribution in [0.1, 0.15) is 35.4 Å². The molecule has 1 aliphatic heterocycles. The van der Waals surface area contributed by atoms with Crippen molar-refractivity contribution in [3.05, 3.63) is 75.5 Å². The molecule has 1 atom stereocenters. The zero-order valence-corrected chi connectivity index (χ0v) is 20.8. The van der Waals surface area contributed by atoms with Crippen LogP contribution in [0, 0.1) is 6.92 Å². The van der Waals surface area contributed by atoms with Crippen molar-refractivity contribution in [2.45, 2.75) is 26.3 Å². The molecule has 4 rings (SSSR count). The van der Waals surface area contributed by atoms with Gasteiger partial charge in [0, 0.05) is 28.6 Å². The fraction of sp³-hybridized carbons (Fsp3) is 0.259. The van der Waals surface area contributed by atoms with Crippen LogP contribution in [0.4, 0.5) is 5.69 Å². The Hall–Kier alpha value is -3.78. The largest absolute Gasteiger partial charge is 0.507 e. The molecule has 3 aromatic rings. The second-order valence-corrected chi connectivity index (χ2v) is 9.03. The van der Waals surface area contributed by atoms with E-state index in [1.165, 1.54) is 30.5 Å². The summed E-state index contributed by atoms with van der Waals surface area (Å²) >= 11 is 1.42. The summed E-state index contributed by atoms with van der Waals surface area (Å²) in [5, 5.41) is 13.3. The first-order valence-corrected chi connectivity index (χ1v) is 12.1. The molecule has 1 unspecified atom stereocenters. The Bertz CT molecular complexity index is 1270. The number of ketones is 1. The molecule has 0 saturated carbocycles. The topological polar surface area (TPSA) is 85.3 Å². The number of benzene rings is 2. The van der Waals surface area contributed by atoms with Gasteiger partial charge >= 0.3 is 0 Å². The van der Waals surface area contributed by atoms with E-state index >= 15 is 0 Å². The van der Waals surface area contributed by atoms with Crippen LogP contribution in [-0.4, -0.2) is 37.6 Å². The molecule has 0 spiro atoms. The predicted octanol–water partition coefficient (Wildman–Crippen LogP) is 5.49. The van der Waals surface area contributed by atoms with Gasteiger partial charge in [-0.25, -0.2) is 0 Å². The van der Waals surface area contributed by atoms with Crippen LogP contribution in [0.2, 0.25) is 0 Å². The first kappa shape index (κ1) is 24.3. The predicted molar refractivity (Wildman–Crippen MR) is 136 cm³/mol. The van der Waals surface area contributed by atoms with Gasteiger partial charge in [-0.15, -0.1) is 11.3 Å². The van der Waals surface area contributed by atoms with Crippen LogP contribution < -0.4 is 19.1 Å². The van der Waals surface area contributed by atoms with Crippen LogP contribution in [0.25, 0.3) is 5.76 Å². The number of aliphatic hydroxyl groups excluding tert-OH is 1. The molecule has 0 aliphatic carbocycles. The zero-order valence-electron chi connectivity index (χ0n) is 20.0. The minimum absolute atomic E-state index is 0.0231. The van der Waals surface area contributed by atoms with Gasteiger partial charge in [-0.3, -0.25) is 14.5 Å². The summed E-state index contributed by atoms with van der Waals surface area (Å²) in [6.07, 6.45) is 0.836. The summed E-state index contributed by atoms with van der Waals surface area (Å²) in [7, 11) is 3.03. The lowest BCUT2D eigenvalue weighted by Gasteiger charge is -2.25. The highest BCUT2D eigenvalue weighted by Crippen LogP contribution is 2.46. The van der Waals surface area contributed by atoms with Crippen molar-refractivity contribution in [1.82, 2.24) is 0 Å². The minimum atomic E-state index is -0.813. The molecule has 8 heteroatoms. The fourth-order valence-corrected chi connectivity index (χ4v) is 5.08. The van der Waals surface area contributed by atoms with Gasteiger partial charge in [-0.1, -0.05) is 19.1 Å². The number of nitrogens with zero attached hydrogens (tertiary/aromatic N) is 1. The maximum absolute atomic E-state index is 13.4. The third-order valence-electron chi connectivity index (χ3n) is 5.79. The monoisotopic (exact) mass is 493 g/mol. The van der Waals surface area contributed by atoms with Crippen LogP contribution in [-0.2, 0) is 9.59 Å². The lowest BCUT2D eigenvalue weighted by molar-refractivity contribution is -0.132. The molecule has 2 heterocycles. The van der Waals surface area contributed by atoms with E-state index in [9.17, 15) is 14.7 Å². The summed E-state index contributed by atoms with van der Waals surface area (Å²) in [6.45, 7) is 4.44. The lowest BCUT2D eigenvalue weighted by Crippen LogP contribution is -2.29. The van der Waals surface area contributed by atoms with Crippen molar-refractivity contribution < 1.29 is 28.9 Å². The number of rotatable bonds is 8. The van der Waals surface area contributed by atoms with E-state index in [1.54, 1.807) is 42.5 Å². The average Bonchev–Trinajstić information content (AvgIpc) is 3.41. The van der Waals surface area contributed by atoms with Crippen molar-refractivity contribution in [1.29, 1.82) is 0 Å². The first-order chi connectivity index (χ1) is 16.9. The number of hydrogen-bond acceptors (Lipinski definition) is 7. The second kappa shape index (κ2) is 10.2. The van der Waals surface area contributed by atoms with E-state index < -0.39 is 17.7 Å². The van der Waals surface area contributed by atoms with E-state index in [0.29, 0.717) is 35.1 Å². The molecule has 1 N–H and O–H groups in total. The van der Waals surface area contributed by atoms with Gasteiger partial charge in [0.05, 0.1) is 32.1 Å². The number of thiophene rings is 1. The second-order valence-electron chi connectivity index (χ2n) is 8.08. The standard InChI is InChI=1S/C27H27NO6S/c1-5-10-34-19-8-6-7-17(12-19)24(29)22-23(26-16(2)9-11-35-26)28(27(31)25(22)30)18-13-20(32-3)15-21(14-18)33-4/h6-9,11-15,23,29H,5,10H2,1-4H3/b24-22-. The highest BCUT2D eigenvalue weighted by Gasteiger charge is 2.48. The van der Waals surface area contributed by atoms with Crippen LogP contribution in [0.3, 0.4) is 0 Å². The molecule has 2 aromatic carbocycles. The third-order valence-corrected chi connectivity index (χ3v) is 6.86. The maximum atomic E-state index is 13.4. The molecule has 1 saturated heterocycles. The fourth-order valence-electron chi connectivity index (χ4n) is 4.05. The maximum Gasteiger partial charge on any atom is 0.300 e. The smallest absolute Gasteiger partial charge is 0.300 e. The Morgan fingerprint density at radius 2 is 1.74 bits per heavy atom. The van der Waals surface area contributed by atoms with E-state index in [1.807, 2.05) is 25.3 Å². The van der Waals surface area contributed by atoms with E-state index in [0.717, 1.165) is 16.9 Å². The number of aliphatic hydroxyl groups is 1. The highest BCUT2D eigenvalue weighted by atomic mass is 32.1. The molecule has 1 amide bonds. The number of aryl methyl sites for hydroxylation is 1. The van der Waals surface area contributed by atoms with Crippen molar-refractivity contribution in [3.63, 3.8) is 0 Å². The normalized spacial score (nSPS) is 17.0. The SMILES string of the molecule is CCCOc1cccc(/C(O)=C2/C(=O)C(=O)N(c3cc(OC)cc(OC)c3)C2c2sccc2C)c1. The molecule has 1 aliphatic rings. The highest BCUT2D eigenvalue weighted by molar-refractivity contribution is 7.10. The molecule has 35 heavy (non-hydrogen) atoms. The Kier molecular flexibility index (Phi) is 7.12. The van der Waals surface area contributed by atoms with E-state index in [4.69, 9.17) is 14.2 Å². The Morgan fingerprint density at radius 1 is 1.03 bits per heavy atom. The number of carbonyl (C=O) groups excluding carboxylic acids is 2. The molecule has 0 bridgehead atoms. The number of ether oxygens (including phenoxy) is 3. The molecule has 1 aromatic heterocycles. The number of hydrogen-bond donors (Lipinski definition) is 1. The quantitative estimate of drug-likeness (QED) is 0.254. The number of methoxy groups -OCH3 is 2. The van der Waals surface area contributed by atoms with Crippen molar-refractivity contribution >= 4 is 34.5 Å². The van der Waals surface area contributed by atoms with Crippen LogP contribution in [0.5, 0.6) is 17.2 Å². The average molecular weight is 494 g/mol. The van der Waals surface area contributed by atoms with Crippen molar-refractivity contribution in [3.8, 4) is 17.2 Å². The summed E-state index contributed by atoms with van der Waals surface area (Å²) in [5.41, 5.74) is 1.77. The van der Waals surface area contributed by atoms with Crippen molar-refractivity contribution in [2.24, 2.45) is 0 Å². The first-order valence-electron chi connectivity index (χ1n) is 11.2. The number of carbonyl (C=O) groups is 2. The summed E-state index contributed by atoms with van der Waals surface area (Å²) in [5.74, 6) is -0.223. The Morgan fingerprint density at radius 3 is 2.34 bits per heavy atom. The van der Waals surface area contributed by atoms with Gasteiger partial charge in [-0.2, -0.15) is 0 Å². The number of anilines is 1. The molecule has 182 valence electrons. The van der Waals surface area contributed by atoms with Gasteiger partial charge in [0.2, 0.25) is 0 Å². The van der Waals surface area contributed by atoms with Gasteiger partial charge in [0.25, 0.3) is 11.7 Å². The summed E-state index contributed by atoms with van der Waals surface area (Å²) in [6, 6.07) is 13.0. The molecule has 7 nitrogen and oxygen atoms in total. The van der Waals surface area contributed by atoms with Gasteiger partial charge in [0.1, 0.15) is 29.0 Å². The zero-order chi connectivity index (χ0) is 25.1. The van der Waals surface area contributed by atoms with Crippen LogP contribution in [0.15, 0.2) is 59.5 Å². The van der Waals surface area contributed by atoms with E-state index in [-0.39, 0.29) is 11.3 Å². The third kappa shape index (κ3) is 4.61. The van der Waals surface area contributed by atoms with Crippen molar-refractivity contribution in [2.75, 3.05) is 25.7 Å². The molecule has 1 fully saturated rings. The summed E-state index contributed by atoms with van der Waals surface area (Å²) in [4.78, 5) is 29.0. The Labute approximate surface area is 208 Å². The number of Topliss-reactive ketones (excluding diaryl/α,β-unsaturated/α-hetero) is 1. The minimum Gasteiger partial charge on any atom is -0.507 e. The van der Waals surface area contributed by atoms with Gasteiger partial charge in [0.15, 0.2) is 0 Å².